The summed E-state index contributed by atoms with van der Waals surface area (Å²) in [6, 6.07) is 2.81. The van der Waals surface area contributed by atoms with Gasteiger partial charge in [0.2, 0.25) is 15.9 Å². The Kier molecular flexibility index (Phi) is 4.90. The van der Waals surface area contributed by atoms with Crippen molar-refractivity contribution in [3.05, 3.63) is 23.8 Å². The summed E-state index contributed by atoms with van der Waals surface area (Å²) in [5.74, 6) is -1.59. The number of aromatic carboxylic acids is 1. The molecule has 0 radical (unpaired) electrons. The van der Waals surface area contributed by atoms with Crippen molar-refractivity contribution in [1.82, 2.24) is 9.62 Å². The number of likely N-dealkylation sites (N-methyl/N-ethyl adjacent to an activating group) is 1. The van der Waals surface area contributed by atoms with E-state index in [1.54, 1.807) is 0 Å². The minimum absolute atomic E-state index is 0.0394. The fraction of sp³-hybridized carbons (Fsp3) is 0.429. The molecule has 0 aromatic heterocycles. The molecule has 9 heteroatoms. The number of methoxy groups -OCH3 is 1. The maximum Gasteiger partial charge on any atom is 0.335 e. The largest absolute Gasteiger partial charge is 0.495 e. The van der Waals surface area contributed by atoms with Crippen molar-refractivity contribution in [3.63, 3.8) is 0 Å². The van der Waals surface area contributed by atoms with E-state index in [4.69, 9.17) is 9.84 Å². The third-order valence-corrected chi connectivity index (χ3v) is 5.68. The van der Waals surface area contributed by atoms with Crippen LogP contribution in [0.2, 0.25) is 0 Å². The number of carbonyl (C=O) groups is 2. The Morgan fingerprint density at radius 3 is 2.65 bits per heavy atom. The molecule has 0 saturated carbocycles. The number of nitrogens with zero attached hydrogens (tertiary/aromatic N) is 1. The number of hydrogen-bond acceptors (Lipinski definition) is 5. The van der Waals surface area contributed by atoms with E-state index >= 15 is 0 Å². The number of hydrogen-bond donors (Lipinski definition) is 2. The smallest absolute Gasteiger partial charge is 0.335 e. The van der Waals surface area contributed by atoms with Crippen LogP contribution in [-0.4, -0.2) is 56.5 Å². The molecule has 1 aliphatic heterocycles. The first-order valence-electron chi connectivity index (χ1n) is 6.97. The van der Waals surface area contributed by atoms with Gasteiger partial charge in [0.15, 0.2) is 0 Å². The van der Waals surface area contributed by atoms with E-state index in [2.05, 4.69) is 5.32 Å². The molecule has 23 heavy (non-hydrogen) atoms. The second-order valence-electron chi connectivity index (χ2n) is 5.06. The van der Waals surface area contributed by atoms with Crippen molar-refractivity contribution in [2.45, 2.75) is 23.8 Å². The van der Waals surface area contributed by atoms with Crippen LogP contribution in [0.5, 0.6) is 5.75 Å². The Labute approximate surface area is 134 Å². The first-order valence-corrected chi connectivity index (χ1v) is 8.41. The number of benzene rings is 1. The van der Waals surface area contributed by atoms with Crippen molar-refractivity contribution in [3.8, 4) is 5.75 Å². The zero-order valence-electron chi connectivity index (χ0n) is 12.8. The molecule has 0 bridgehead atoms. The molecule has 2 rings (SSSR count). The molecule has 2 N–H and O–H groups in total. The summed E-state index contributed by atoms with van der Waals surface area (Å²) in [6.45, 7) is 0.195. The molecule has 1 saturated heterocycles. The number of nitrogens with one attached hydrogen (secondary N) is 1. The van der Waals surface area contributed by atoms with Gasteiger partial charge in [0, 0.05) is 13.6 Å². The highest BCUT2D eigenvalue weighted by molar-refractivity contribution is 7.89. The Hall–Kier alpha value is -2.13. The summed E-state index contributed by atoms with van der Waals surface area (Å²) >= 11 is 0. The SMILES string of the molecule is CNC(=O)[C@@H]1CCCN1S(=O)(=O)c1cc(C(=O)O)ccc1OC. The summed E-state index contributed by atoms with van der Waals surface area (Å²) in [5, 5.41) is 11.5. The average molecular weight is 342 g/mol. The predicted octanol–water partition coefficient (Wildman–Crippen LogP) is 0.293. The van der Waals surface area contributed by atoms with E-state index in [-0.39, 0.29) is 28.7 Å². The summed E-state index contributed by atoms with van der Waals surface area (Å²) in [4.78, 5) is 22.7. The number of sulfonamides is 1. The minimum atomic E-state index is -4.06. The van der Waals surface area contributed by atoms with Gasteiger partial charge in [0.05, 0.1) is 12.7 Å². The van der Waals surface area contributed by atoms with Gasteiger partial charge in [-0.05, 0) is 31.0 Å². The number of carboxylic acid groups (broad SMARTS) is 1. The van der Waals surface area contributed by atoms with Gasteiger partial charge in [-0.25, -0.2) is 13.2 Å². The van der Waals surface area contributed by atoms with E-state index in [9.17, 15) is 18.0 Å². The lowest BCUT2D eigenvalue weighted by Gasteiger charge is -2.23. The summed E-state index contributed by atoms with van der Waals surface area (Å²) in [5.41, 5.74) is -0.167. The van der Waals surface area contributed by atoms with E-state index in [1.165, 1.54) is 26.3 Å². The van der Waals surface area contributed by atoms with Gasteiger partial charge in [-0.1, -0.05) is 0 Å². The van der Waals surface area contributed by atoms with Crippen LogP contribution in [0.25, 0.3) is 0 Å². The quantitative estimate of drug-likeness (QED) is 0.795. The molecule has 1 aromatic rings. The van der Waals surface area contributed by atoms with E-state index in [0.717, 1.165) is 10.4 Å². The van der Waals surface area contributed by atoms with Crippen LogP contribution < -0.4 is 10.1 Å². The highest BCUT2D eigenvalue weighted by Crippen LogP contribution is 2.32. The van der Waals surface area contributed by atoms with Crippen LogP contribution in [0.15, 0.2) is 23.1 Å². The van der Waals surface area contributed by atoms with Gasteiger partial charge in [-0.3, -0.25) is 4.79 Å². The molecular weight excluding hydrogens is 324 g/mol. The fourth-order valence-corrected chi connectivity index (χ4v) is 4.43. The summed E-state index contributed by atoms with van der Waals surface area (Å²) < 4.78 is 31.9. The predicted molar refractivity (Wildman–Crippen MR) is 80.9 cm³/mol. The summed E-state index contributed by atoms with van der Waals surface area (Å²) in [7, 11) is -1.32. The first-order chi connectivity index (χ1) is 10.8. The molecule has 0 unspecified atom stereocenters. The van der Waals surface area contributed by atoms with Crippen LogP contribution in [-0.2, 0) is 14.8 Å². The molecular formula is C14H18N2O6S. The number of rotatable bonds is 5. The van der Waals surface area contributed by atoms with Crippen LogP contribution in [0.1, 0.15) is 23.2 Å². The topological polar surface area (TPSA) is 113 Å². The van der Waals surface area contributed by atoms with Crippen LogP contribution >= 0.6 is 0 Å². The molecule has 0 aliphatic carbocycles. The molecule has 1 aromatic carbocycles. The van der Waals surface area contributed by atoms with Gasteiger partial charge in [0.25, 0.3) is 0 Å². The Bertz CT molecular complexity index is 731. The van der Waals surface area contributed by atoms with Crippen LogP contribution in [0, 0.1) is 0 Å². The first kappa shape index (κ1) is 17.2. The van der Waals surface area contributed by atoms with Crippen molar-refractivity contribution in [2.75, 3.05) is 20.7 Å². The Morgan fingerprint density at radius 1 is 1.39 bits per heavy atom. The lowest BCUT2D eigenvalue weighted by molar-refractivity contribution is -0.123. The minimum Gasteiger partial charge on any atom is -0.495 e. The third kappa shape index (κ3) is 3.15. The fourth-order valence-electron chi connectivity index (χ4n) is 2.59. The van der Waals surface area contributed by atoms with Gasteiger partial charge in [-0.2, -0.15) is 4.31 Å². The maximum absolute atomic E-state index is 12.9. The second-order valence-corrected chi connectivity index (χ2v) is 6.92. The number of amides is 1. The zero-order valence-corrected chi connectivity index (χ0v) is 13.6. The molecule has 8 nitrogen and oxygen atoms in total. The summed E-state index contributed by atoms with van der Waals surface area (Å²) in [6.07, 6.45) is 0.970. The number of carbonyl (C=O) groups excluding carboxylic acids is 1. The van der Waals surface area contributed by atoms with E-state index in [0.29, 0.717) is 12.8 Å². The molecule has 1 aliphatic rings. The average Bonchev–Trinajstić information content (AvgIpc) is 3.03. The van der Waals surface area contributed by atoms with Crippen molar-refractivity contribution in [1.29, 1.82) is 0 Å². The maximum atomic E-state index is 12.9. The van der Waals surface area contributed by atoms with Gasteiger partial charge in [0.1, 0.15) is 16.7 Å². The zero-order chi connectivity index (χ0) is 17.2. The molecule has 1 atom stereocenters. The number of ether oxygens (including phenoxy) is 1. The van der Waals surface area contributed by atoms with Crippen molar-refractivity contribution in [2.24, 2.45) is 0 Å². The Balaban J connectivity index is 2.52. The molecule has 0 spiro atoms. The van der Waals surface area contributed by atoms with Crippen molar-refractivity contribution >= 4 is 21.9 Å². The molecule has 1 heterocycles. The third-order valence-electron chi connectivity index (χ3n) is 3.75. The highest BCUT2D eigenvalue weighted by Gasteiger charge is 2.40. The van der Waals surface area contributed by atoms with Crippen molar-refractivity contribution < 1.29 is 27.9 Å². The second kappa shape index (κ2) is 6.55. The van der Waals surface area contributed by atoms with E-state index < -0.39 is 22.0 Å². The van der Waals surface area contributed by atoms with Gasteiger partial charge >= 0.3 is 5.97 Å². The standard InChI is InChI=1S/C14H18N2O6S/c1-15-13(17)10-4-3-7-16(10)23(20,21)12-8-9(14(18)19)5-6-11(12)22-2/h5-6,8,10H,3-4,7H2,1-2H3,(H,15,17)(H,18,19)/t10-/m0/s1. The van der Waals surface area contributed by atoms with Crippen LogP contribution in [0.3, 0.4) is 0 Å². The molecule has 1 fully saturated rings. The molecule has 126 valence electrons. The normalized spacial score (nSPS) is 18.6. The Morgan fingerprint density at radius 2 is 2.09 bits per heavy atom. The van der Waals surface area contributed by atoms with Gasteiger partial charge in [-0.15, -0.1) is 0 Å². The lowest BCUT2D eigenvalue weighted by atomic mass is 10.2. The van der Waals surface area contributed by atoms with Crippen LogP contribution in [0.4, 0.5) is 0 Å². The van der Waals surface area contributed by atoms with Gasteiger partial charge < -0.3 is 15.2 Å². The lowest BCUT2D eigenvalue weighted by Crippen LogP contribution is -2.44. The highest BCUT2D eigenvalue weighted by atomic mass is 32.2. The monoisotopic (exact) mass is 342 g/mol. The molecule has 1 amide bonds. The van der Waals surface area contributed by atoms with E-state index in [1.807, 2.05) is 0 Å². The number of carboxylic acids is 1.